The van der Waals surface area contributed by atoms with E-state index in [9.17, 15) is 9.90 Å². The first kappa shape index (κ1) is 15.7. The zero-order chi connectivity index (χ0) is 14.4. The van der Waals surface area contributed by atoms with E-state index < -0.39 is 11.4 Å². The van der Waals surface area contributed by atoms with Crippen molar-refractivity contribution in [3.05, 3.63) is 0 Å². The highest BCUT2D eigenvalue weighted by Gasteiger charge is 2.42. The number of likely N-dealkylation sites (tertiary alicyclic amines) is 1. The predicted octanol–water partition coefficient (Wildman–Crippen LogP) is 1.76. The molecule has 2 unspecified atom stereocenters. The van der Waals surface area contributed by atoms with E-state index in [0.29, 0.717) is 19.8 Å². The Hall–Kier alpha value is -0.650. The Morgan fingerprint density at radius 3 is 3.00 bits per heavy atom. The third kappa shape index (κ3) is 3.93. The van der Waals surface area contributed by atoms with E-state index in [2.05, 4.69) is 11.8 Å². The van der Waals surface area contributed by atoms with Crippen LogP contribution in [0, 0.1) is 5.41 Å². The third-order valence-corrected chi connectivity index (χ3v) is 4.32. The van der Waals surface area contributed by atoms with Crippen molar-refractivity contribution >= 4 is 5.97 Å². The minimum absolute atomic E-state index is 0.263. The van der Waals surface area contributed by atoms with Gasteiger partial charge in [-0.05, 0) is 38.6 Å². The number of carbonyl (C=O) groups is 1. The van der Waals surface area contributed by atoms with Crippen LogP contribution in [-0.2, 0) is 14.3 Å². The second kappa shape index (κ2) is 7.38. The van der Waals surface area contributed by atoms with Gasteiger partial charge in [0, 0.05) is 26.3 Å². The molecular formula is C15H27NO4. The number of ether oxygens (including phenoxy) is 2. The van der Waals surface area contributed by atoms with Gasteiger partial charge < -0.3 is 14.6 Å². The molecule has 2 rings (SSSR count). The second-order valence-corrected chi connectivity index (χ2v) is 6.11. The van der Waals surface area contributed by atoms with Crippen molar-refractivity contribution in [1.29, 1.82) is 0 Å². The Morgan fingerprint density at radius 1 is 1.50 bits per heavy atom. The molecule has 0 saturated carbocycles. The van der Waals surface area contributed by atoms with E-state index in [0.717, 1.165) is 51.8 Å². The maximum Gasteiger partial charge on any atom is 0.313 e. The molecule has 2 heterocycles. The summed E-state index contributed by atoms with van der Waals surface area (Å²) in [5, 5.41) is 9.59. The number of rotatable bonds is 6. The molecule has 2 aliphatic heterocycles. The van der Waals surface area contributed by atoms with Crippen molar-refractivity contribution in [2.45, 2.75) is 45.1 Å². The Bertz CT molecular complexity index is 315. The molecular weight excluding hydrogens is 258 g/mol. The largest absolute Gasteiger partial charge is 0.481 e. The lowest BCUT2D eigenvalue weighted by molar-refractivity contribution is -0.160. The number of hydrogen-bond donors (Lipinski definition) is 1. The average Bonchev–Trinajstić information content (AvgIpc) is 2.46. The van der Waals surface area contributed by atoms with Crippen LogP contribution >= 0.6 is 0 Å². The number of carboxylic acid groups (broad SMARTS) is 1. The van der Waals surface area contributed by atoms with Gasteiger partial charge in [0.15, 0.2) is 0 Å². The summed E-state index contributed by atoms with van der Waals surface area (Å²) in [4.78, 5) is 13.9. The van der Waals surface area contributed by atoms with Crippen LogP contribution in [0.4, 0.5) is 0 Å². The van der Waals surface area contributed by atoms with Crippen LogP contribution in [0.25, 0.3) is 0 Å². The summed E-state index contributed by atoms with van der Waals surface area (Å²) < 4.78 is 11.3. The summed E-state index contributed by atoms with van der Waals surface area (Å²) in [6.45, 7) is 6.37. The molecule has 116 valence electrons. The Labute approximate surface area is 121 Å². The van der Waals surface area contributed by atoms with Crippen LogP contribution < -0.4 is 0 Å². The molecule has 0 bridgehead atoms. The minimum Gasteiger partial charge on any atom is -0.481 e. The first-order chi connectivity index (χ1) is 9.66. The van der Waals surface area contributed by atoms with Crippen molar-refractivity contribution in [3.8, 4) is 0 Å². The summed E-state index contributed by atoms with van der Waals surface area (Å²) in [5.41, 5.74) is -0.717. The van der Waals surface area contributed by atoms with Crippen molar-refractivity contribution < 1.29 is 19.4 Å². The highest BCUT2D eigenvalue weighted by atomic mass is 16.5. The lowest BCUT2D eigenvalue weighted by atomic mass is 9.81. The van der Waals surface area contributed by atoms with Gasteiger partial charge in [-0.1, -0.05) is 6.92 Å². The lowest BCUT2D eigenvalue weighted by Crippen LogP contribution is -2.51. The fourth-order valence-corrected chi connectivity index (χ4v) is 3.22. The number of aliphatic carboxylic acids is 1. The van der Waals surface area contributed by atoms with Gasteiger partial charge in [-0.3, -0.25) is 9.69 Å². The molecule has 5 heteroatoms. The fraction of sp³-hybridized carbons (Fsp3) is 0.933. The van der Waals surface area contributed by atoms with Crippen molar-refractivity contribution in [2.75, 3.05) is 39.5 Å². The van der Waals surface area contributed by atoms with Gasteiger partial charge in [-0.25, -0.2) is 0 Å². The molecule has 0 radical (unpaired) electrons. The van der Waals surface area contributed by atoms with Gasteiger partial charge in [-0.2, -0.15) is 0 Å². The first-order valence-corrected chi connectivity index (χ1v) is 7.81. The van der Waals surface area contributed by atoms with E-state index in [1.165, 1.54) is 0 Å². The molecule has 2 atom stereocenters. The zero-order valence-corrected chi connectivity index (χ0v) is 12.5. The van der Waals surface area contributed by atoms with Crippen LogP contribution in [0.5, 0.6) is 0 Å². The third-order valence-electron chi connectivity index (χ3n) is 4.32. The molecule has 5 nitrogen and oxygen atoms in total. The van der Waals surface area contributed by atoms with Gasteiger partial charge >= 0.3 is 5.97 Å². The summed E-state index contributed by atoms with van der Waals surface area (Å²) in [6.07, 6.45) is 5.04. The van der Waals surface area contributed by atoms with Crippen LogP contribution in [0.1, 0.15) is 39.0 Å². The molecule has 0 aromatic carbocycles. The summed E-state index contributed by atoms with van der Waals surface area (Å²) in [6, 6.07) is 0. The smallest absolute Gasteiger partial charge is 0.313 e. The SMILES string of the molecule is CCCOC1CCCN(CC2(C(=O)O)CCCOC2)C1. The molecule has 0 aromatic heterocycles. The summed E-state index contributed by atoms with van der Waals surface area (Å²) in [5.74, 6) is -0.714. The topological polar surface area (TPSA) is 59.0 Å². The number of nitrogens with zero attached hydrogens (tertiary/aromatic N) is 1. The van der Waals surface area contributed by atoms with Crippen molar-refractivity contribution in [2.24, 2.45) is 5.41 Å². The van der Waals surface area contributed by atoms with E-state index in [1.807, 2.05) is 0 Å². The maximum absolute atomic E-state index is 11.7. The Kier molecular flexibility index (Phi) is 5.81. The molecule has 2 fully saturated rings. The van der Waals surface area contributed by atoms with E-state index >= 15 is 0 Å². The van der Waals surface area contributed by atoms with Crippen molar-refractivity contribution in [3.63, 3.8) is 0 Å². The molecule has 0 aromatic rings. The number of hydrogen-bond acceptors (Lipinski definition) is 4. The number of carboxylic acids is 1. The monoisotopic (exact) mass is 285 g/mol. The predicted molar refractivity (Wildman–Crippen MR) is 75.8 cm³/mol. The van der Waals surface area contributed by atoms with Crippen LogP contribution in [0.15, 0.2) is 0 Å². The Balaban J connectivity index is 1.91. The van der Waals surface area contributed by atoms with Gasteiger partial charge in [0.2, 0.25) is 0 Å². The molecule has 0 spiro atoms. The molecule has 1 N–H and O–H groups in total. The lowest BCUT2D eigenvalue weighted by Gasteiger charge is -2.40. The molecule has 0 aliphatic carbocycles. The molecule has 2 aliphatic rings. The van der Waals surface area contributed by atoms with Gasteiger partial charge in [0.1, 0.15) is 5.41 Å². The highest BCUT2D eigenvalue weighted by Crippen LogP contribution is 2.31. The Morgan fingerprint density at radius 2 is 2.35 bits per heavy atom. The van der Waals surface area contributed by atoms with E-state index in [1.54, 1.807) is 0 Å². The highest BCUT2D eigenvalue weighted by molar-refractivity contribution is 5.75. The van der Waals surface area contributed by atoms with Crippen LogP contribution in [0.2, 0.25) is 0 Å². The number of piperidine rings is 1. The molecule has 20 heavy (non-hydrogen) atoms. The molecule has 0 amide bonds. The standard InChI is InChI=1S/C15H27NO4/c1-2-8-20-13-5-3-7-16(10-13)11-15(14(17)18)6-4-9-19-12-15/h13H,2-12H2,1H3,(H,17,18). The van der Waals surface area contributed by atoms with E-state index in [4.69, 9.17) is 9.47 Å². The summed E-state index contributed by atoms with van der Waals surface area (Å²) >= 11 is 0. The zero-order valence-electron chi connectivity index (χ0n) is 12.5. The minimum atomic E-state index is -0.717. The van der Waals surface area contributed by atoms with Crippen molar-refractivity contribution in [1.82, 2.24) is 4.90 Å². The van der Waals surface area contributed by atoms with Gasteiger partial charge in [0.25, 0.3) is 0 Å². The molecule has 2 saturated heterocycles. The average molecular weight is 285 g/mol. The summed E-state index contributed by atoms with van der Waals surface area (Å²) in [7, 11) is 0. The van der Waals surface area contributed by atoms with Crippen LogP contribution in [-0.4, -0.2) is 61.5 Å². The quantitative estimate of drug-likeness (QED) is 0.806. The van der Waals surface area contributed by atoms with Crippen LogP contribution in [0.3, 0.4) is 0 Å². The normalized spacial score (nSPS) is 32.1. The van der Waals surface area contributed by atoms with Gasteiger partial charge in [-0.15, -0.1) is 0 Å². The van der Waals surface area contributed by atoms with E-state index in [-0.39, 0.29) is 6.10 Å². The fourth-order valence-electron chi connectivity index (χ4n) is 3.22. The second-order valence-electron chi connectivity index (χ2n) is 6.11. The maximum atomic E-state index is 11.7. The first-order valence-electron chi connectivity index (χ1n) is 7.81. The van der Waals surface area contributed by atoms with Gasteiger partial charge in [0.05, 0.1) is 12.7 Å².